The quantitative estimate of drug-likeness (QED) is 0.705. The predicted molar refractivity (Wildman–Crippen MR) is 111 cm³/mol. The summed E-state index contributed by atoms with van der Waals surface area (Å²) in [5.74, 6) is 0. The number of carbonyl (C=O) groups excluding carboxylic acids is 1. The van der Waals surface area contributed by atoms with Crippen molar-refractivity contribution in [2.24, 2.45) is 0 Å². The lowest BCUT2D eigenvalue weighted by atomic mass is 9.91. The predicted octanol–water partition coefficient (Wildman–Crippen LogP) is 3.28. The molecule has 0 bridgehead atoms. The summed E-state index contributed by atoms with van der Waals surface area (Å²) in [5, 5.41) is 2.04. The fourth-order valence-corrected chi connectivity index (χ4v) is 5.08. The Kier molecular flexibility index (Phi) is 5.23. The third-order valence-electron chi connectivity index (χ3n) is 5.47. The maximum Gasteiger partial charge on any atom is 0.409 e. The number of rotatable bonds is 4. The number of likely N-dealkylation sites (tertiary alicyclic amines) is 1. The maximum absolute atomic E-state index is 12.4. The van der Waals surface area contributed by atoms with Crippen molar-refractivity contribution in [3.05, 3.63) is 48.0 Å². The van der Waals surface area contributed by atoms with Crippen molar-refractivity contribution >= 4 is 38.1 Å². The molecule has 1 amide bonds. The number of hydrogen-bond donors (Lipinski definition) is 1. The van der Waals surface area contributed by atoms with Gasteiger partial charge in [0.1, 0.15) is 11.2 Å². The number of piperidine rings is 1. The van der Waals surface area contributed by atoms with Gasteiger partial charge in [-0.3, -0.25) is 0 Å². The monoisotopic (exact) mass is 416 g/mol. The smallest absolute Gasteiger partial charge is 0.409 e. The lowest BCUT2D eigenvalue weighted by Gasteiger charge is -2.40. The summed E-state index contributed by atoms with van der Waals surface area (Å²) >= 11 is 0. The number of carbonyl (C=O) groups is 1. The molecule has 0 radical (unpaired) electrons. The molecule has 29 heavy (non-hydrogen) atoms. The van der Waals surface area contributed by atoms with Gasteiger partial charge in [-0.05, 0) is 30.9 Å². The second-order valence-electron chi connectivity index (χ2n) is 7.47. The van der Waals surface area contributed by atoms with Crippen LogP contribution < -0.4 is 4.72 Å². The van der Waals surface area contributed by atoms with Crippen molar-refractivity contribution < 1.29 is 22.4 Å². The van der Waals surface area contributed by atoms with Crippen LogP contribution in [0.3, 0.4) is 0 Å². The molecule has 1 saturated heterocycles. The minimum atomic E-state index is -3.42. The van der Waals surface area contributed by atoms with E-state index in [0.29, 0.717) is 25.8 Å². The van der Waals surface area contributed by atoms with Gasteiger partial charge in [0.2, 0.25) is 10.0 Å². The number of amides is 1. The molecule has 8 heteroatoms. The molecule has 4 rings (SSSR count). The first-order chi connectivity index (χ1) is 13.9. The summed E-state index contributed by atoms with van der Waals surface area (Å²) in [5.41, 5.74) is 2.50. The number of furan rings is 1. The Hall–Kier alpha value is -2.58. The molecule has 3 aromatic rings. The number of para-hydroxylation sites is 2. The molecule has 7 nitrogen and oxygen atoms in total. The Morgan fingerprint density at radius 2 is 1.97 bits per heavy atom. The first-order valence-electron chi connectivity index (χ1n) is 9.58. The van der Waals surface area contributed by atoms with E-state index >= 15 is 0 Å². The Bertz CT molecular complexity index is 1150. The van der Waals surface area contributed by atoms with Gasteiger partial charge < -0.3 is 14.1 Å². The summed E-state index contributed by atoms with van der Waals surface area (Å²) in [7, 11) is -2.08. The fraction of sp³-hybridized carbons (Fsp3) is 0.381. The fourth-order valence-electron chi connectivity index (χ4n) is 4.26. The van der Waals surface area contributed by atoms with E-state index in [9.17, 15) is 13.2 Å². The van der Waals surface area contributed by atoms with Crippen molar-refractivity contribution in [1.29, 1.82) is 0 Å². The number of nitrogens with one attached hydrogen (secondary N) is 1. The molecule has 154 valence electrons. The van der Waals surface area contributed by atoms with Crippen LogP contribution in [-0.2, 0) is 21.2 Å². The first-order valence-corrected chi connectivity index (χ1v) is 11.5. The lowest BCUT2D eigenvalue weighted by Crippen LogP contribution is -2.57. The van der Waals surface area contributed by atoms with Crippen molar-refractivity contribution in [3.63, 3.8) is 0 Å². The van der Waals surface area contributed by atoms with Gasteiger partial charge in [-0.1, -0.05) is 36.4 Å². The van der Waals surface area contributed by atoms with Crippen molar-refractivity contribution in [2.45, 2.75) is 31.3 Å². The van der Waals surface area contributed by atoms with E-state index in [1.54, 1.807) is 4.90 Å². The largest absolute Gasteiger partial charge is 0.456 e. The van der Waals surface area contributed by atoms with E-state index < -0.39 is 22.2 Å². The molecule has 0 spiro atoms. The molecule has 2 atom stereocenters. The first kappa shape index (κ1) is 19.7. The highest BCUT2D eigenvalue weighted by molar-refractivity contribution is 7.88. The van der Waals surface area contributed by atoms with Gasteiger partial charge in [-0.2, -0.15) is 0 Å². The zero-order chi connectivity index (χ0) is 20.6. The van der Waals surface area contributed by atoms with Crippen LogP contribution in [0.2, 0.25) is 0 Å². The van der Waals surface area contributed by atoms with E-state index in [1.165, 1.54) is 7.11 Å². The Morgan fingerprint density at radius 3 is 2.72 bits per heavy atom. The van der Waals surface area contributed by atoms with Gasteiger partial charge >= 0.3 is 6.09 Å². The summed E-state index contributed by atoms with van der Waals surface area (Å²) in [6.45, 7) is 0.523. The van der Waals surface area contributed by atoms with Crippen LogP contribution in [-0.4, -0.2) is 51.4 Å². The molecule has 1 aliphatic rings. The number of fused-ring (bicyclic) bond motifs is 3. The molecule has 1 aliphatic heterocycles. The van der Waals surface area contributed by atoms with Crippen LogP contribution in [0.25, 0.3) is 21.9 Å². The third kappa shape index (κ3) is 3.95. The molecule has 1 aromatic heterocycles. The number of ether oxygens (including phenoxy) is 1. The summed E-state index contributed by atoms with van der Waals surface area (Å²) in [6.07, 6.45) is 2.50. The van der Waals surface area contributed by atoms with E-state index in [-0.39, 0.29) is 6.04 Å². The van der Waals surface area contributed by atoms with Crippen molar-refractivity contribution in [1.82, 2.24) is 9.62 Å². The number of benzene rings is 2. The van der Waals surface area contributed by atoms with Crippen LogP contribution in [0.5, 0.6) is 0 Å². The minimum Gasteiger partial charge on any atom is -0.456 e. The van der Waals surface area contributed by atoms with Crippen LogP contribution >= 0.6 is 0 Å². The van der Waals surface area contributed by atoms with Gasteiger partial charge in [0, 0.05) is 23.4 Å². The van der Waals surface area contributed by atoms with E-state index in [1.807, 2.05) is 42.5 Å². The third-order valence-corrected chi connectivity index (χ3v) is 6.20. The molecule has 2 aromatic carbocycles. The highest BCUT2D eigenvalue weighted by Gasteiger charge is 2.37. The highest BCUT2D eigenvalue weighted by atomic mass is 32.2. The molecular weight excluding hydrogens is 392 g/mol. The number of sulfonamides is 1. The second-order valence-corrected chi connectivity index (χ2v) is 9.25. The second kappa shape index (κ2) is 7.68. The Balaban J connectivity index is 1.76. The van der Waals surface area contributed by atoms with E-state index in [0.717, 1.165) is 33.8 Å². The Morgan fingerprint density at radius 1 is 1.21 bits per heavy atom. The molecule has 0 saturated carbocycles. The average molecular weight is 416 g/mol. The summed E-state index contributed by atoms with van der Waals surface area (Å²) < 4.78 is 37.6. The average Bonchev–Trinajstić information content (AvgIpc) is 3.07. The molecule has 0 aliphatic carbocycles. The van der Waals surface area contributed by atoms with Crippen molar-refractivity contribution in [2.75, 3.05) is 19.9 Å². The standard InChI is InChI=1S/C21H24N2O5S/c1-27-21(24)23-12-6-10-17(22-29(2,25)26)18(23)13-14-7-5-9-16-15-8-3-4-11-19(15)28-20(14)16/h3-5,7-9,11,17-18,22H,6,10,12-13H2,1-2H3/t17-,18-/m0/s1. The van der Waals surface area contributed by atoms with Crippen LogP contribution in [0.4, 0.5) is 4.79 Å². The van der Waals surface area contributed by atoms with Crippen molar-refractivity contribution in [3.8, 4) is 0 Å². The van der Waals surface area contributed by atoms with Gasteiger partial charge in [0.15, 0.2) is 0 Å². The maximum atomic E-state index is 12.4. The number of methoxy groups -OCH3 is 1. The molecule has 1 fully saturated rings. The van der Waals surface area contributed by atoms with E-state index in [2.05, 4.69) is 4.72 Å². The van der Waals surface area contributed by atoms with Gasteiger partial charge in [0.25, 0.3) is 0 Å². The summed E-state index contributed by atoms with van der Waals surface area (Å²) in [6, 6.07) is 13.0. The SMILES string of the molecule is COC(=O)N1CCC[C@H](NS(C)(=O)=O)[C@@H]1Cc1cccc2c1oc1ccccc12. The van der Waals surface area contributed by atoms with Crippen LogP contribution in [0, 0.1) is 0 Å². The van der Waals surface area contributed by atoms with Gasteiger partial charge in [-0.25, -0.2) is 17.9 Å². The van der Waals surface area contributed by atoms with Crippen LogP contribution in [0.1, 0.15) is 18.4 Å². The zero-order valence-electron chi connectivity index (χ0n) is 16.4. The Labute approximate surface area is 169 Å². The molecular formula is C21H24N2O5S. The topological polar surface area (TPSA) is 88.9 Å². The molecule has 0 unspecified atom stereocenters. The molecule has 2 heterocycles. The summed E-state index contributed by atoms with van der Waals surface area (Å²) in [4.78, 5) is 14.0. The number of nitrogens with zero attached hydrogens (tertiary/aromatic N) is 1. The molecule has 1 N–H and O–H groups in total. The zero-order valence-corrected chi connectivity index (χ0v) is 17.2. The van der Waals surface area contributed by atoms with Gasteiger partial charge in [0.05, 0.1) is 19.4 Å². The minimum absolute atomic E-state index is 0.371. The normalized spacial score (nSPS) is 20.3. The van der Waals surface area contributed by atoms with Crippen LogP contribution in [0.15, 0.2) is 46.9 Å². The lowest BCUT2D eigenvalue weighted by molar-refractivity contribution is 0.0793. The van der Waals surface area contributed by atoms with E-state index in [4.69, 9.17) is 9.15 Å². The highest BCUT2D eigenvalue weighted by Crippen LogP contribution is 2.33. The number of hydrogen-bond acceptors (Lipinski definition) is 5. The van der Waals surface area contributed by atoms with Gasteiger partial charge in [-0.15, -0.1) is 0 Å².